The first-order chi connectivity index (χ1) is 8.08. The summed E-state index contributed by atoms with van der Waals surface area (Å²) in [5, 5.41) is 3.66. The lowest BCUT2D eigenvalue weighted by atomic mass is 9.84. The average Bonchev–Trinajstić information content (AvgIpc) is 2.25. The zero-order valence-electron chi connectivity index (χ0n) is 12.0. The predicted octanol–water partition coefficient (Wildman–Crippen LogP) is 2.59. The SMILES string of the molecule is CCOC1CC(NC(C)CCC(C)C)C1OC. The molecule has 0 amide bonds. The maximum Gasteiger partial charge on any atom is 0.0986 e. The summed E-state index contributed by atoms with van der Waals surface area (Å²) >= 11 is 0. The Kier molecular flexibility index (Phi) is 6.45. The first-order valence-electron chi connectivity index (χ1n) is 6.98. The van der Waals surface area contributed by atoms with E-state index >= 15 is 0 Å². The molecule has 4 unspecified atom stereocenters. The quantitative estimate of drug-likeness (QED) is 0.711. The van der Waals surface area contributed by atoms with Gasteiger partial charge in [0.05, 0.1) is 12.2 Å². The zero-order chi connectivity index (χ0) is 12.8. The molecule has 1 rings (SSSR count). The highest BCUT2D eigenvalue weighted by Gasteiger charge is 2.42. The van der Waals surface area contributed by atoms with Gasteiger partial charge in [0.2, 0.25) is 0 Å². The molecule has 0 aliphatic heterocycles. The summed E-state index contributed by atoms with van der Waals surface area (Å²) in [5.74, 6) is 0.787. The molecule has 17 heavy (non-hydrogen) atoms. The van der Waals surface area contributed by atoms with E-state index in [9.17, 15) is 0 Å². The summed E-state index contributed by atoms with van der Waals surface area (Å²) in [6, 6.07) is 1.04. The Morgan fingerprint density at radius 2 is 1.94 bits per heavy atom. The van der Waals surface area contributed by atoms with E-state index in [0.29, 0.717) is 18.2 Å². The van der Waals surface area contributed by atoms with Gasteiger partial charge in [-0.1, -0.05) is 13.8 Å². The van der Waals surface area contributed by atoms with Gasteiger partial charge < -0.3 is 14.8 Å². The molecule has 4 atom stereocenters. The predicted molar refractivity (Wildman–Crippen MR) is 71.3 cm³/mol. The molecule has 1 aliphatic rings. The fourth-order valence-corrected chi connectivity index (χ4v) is 2.47. The van der Waals surface area contributed by atoms with Crippen LogP contribution in [-0.4, -0.2) is 38.0 Å². The number of rotatable bonds is 8. The summed E-state index contributed by atoms with van der Waals surface area (Å²) in [6.45, 7) is 9.64. The Hall–Kier alpha value is -0.120. The van der Waals surface area contributed by atoms with Crippen LogP contribution in [0.3, 0.4) is 0 Å². The van der Waals surface area contributed by atoms with Gasteiger partial charge in [0.25, 0.3) is 0 Å². The van der Waals surface area contributed by atoms with Gasteiger partial charge in [-0.15, -0.1) is 0 Å². The highest BCUT2D eigenvalue weighted by atomic mass is 16.5. The molecule has 0 aromatic rings. The summed E-state index contributed by atoms with van der Waals surface area (Å²) in [5.41, 5.74) is 0. The van der Waals surface area contributed by atoms with Crippen molar-refractivity contribution in [2.24, 2.45) is 5.92 Å². The lowest BCUT2D eigenvalue weighted by molar-refractivity contribution is -0.133. The fourth-order valence-electron chi connectivity index (χ4n) is 2.47. The van der Waals surface area contributed by atoms with Crippen LogP contribution in [0.15, 0.2) is 0 Å². The lowest BCUT2D eigenvalue weighted by Crippen LogP contribution is -2.61. The molecule has 0 aromatic carbocycles. The standard InChI is InChI=1S/C14H29NO2/c1-6-17-13-9-12(14(13)16-5)15-11(4)8-7-10(2)3/h10-15H,6-9H2,1-5H3. The third-order valence-corrected chi connectivity index (χ3v) is 3.58. The Morgan fingerprint density at radius 3 is 2.47 bits per heavy atom. The molecular formula is C14H29NO2. The van der Waals surface area contributed by atoms with Crippen molar-refractivity contribution >= 4 is 0 Å². The van der Waals surface area contributed by atoms with E-state index < -0.39 is 0 Å². The van der Waals surface area contributed by atoms with Crippen molar-refractivity contribution in [2.45, 2.75) is 71.2 Å². The number of nitrogens with one attached hydrogen (secondary N) is 1. The number of ether oxygens (including phenoxy) is 2. The smallest absolute Gasteiger partial charge is 0.0986 e. The largest absolute Gasteiger partial charge is 0.377 e. The van der Waals surface area contributed by atoms with Crippen LogP contribution in [0.2, 0.25) is 0 Å². The third-order valence-electron chi connectivity index (χ3n) is 3.58. The van der Waals surface area contributed by atoms with E-state index in [2.05, 4.69) is 26.1 Å². The summed E-state index contributed by atoms with van der Waals surface area (Å²) in [6.07, 6.45) is 4.13. The van der Waals surface area contributed by atoms with Gasteiger partial charge >= 0.3 is 0 Å². The van der Waals surface area contributed by atoms with E-state index in [-0.39, 0.29) is 6.10 Å². The van der Waals surface area contributed by atoms with Crippen LogP contribution in [0.4, 0.5) is 0 Å². The van der Waals surface area contributed by atoms with Gasteiger partial charge in [0.15, 0.2) is 0 Å². The van der Waals surface area contributed by atoms with Crippen molar-refractivity contribution in [1.29, 1.82) is 0 Å². The number of methoxy groups -OCH3 is 1. The molecule has 1 aliphatic carbocycles. The summed E-state index contributed by atoms with van der Waals surface area (Å²) in [7, 11) is 1.78. The minimum absolute atomic E-state index is 0.233. The molecule has 3 heteroatoms. The normalized spacial score (nSPS) is 30.4. The van der Waals surface area contributed by atoms with E-state index in [4.69, 9.17) is 9.47 Å². The van der Waals surface area contributed by atoms with Crippen LogP contribution < -0.4 is 5.32 Å². The van der Waals surface area contributed by atoms with Gasteiger partial charge in [0.1, 0.15) is 0 Å². The van der Waals surface area contributed by atoms with Crippen LogP contribution in [0, 0.1) is 5.92 Å². The summed E-state index contributed by atoms with van der Waals surface area (Å²) in [4.78, 5) is 0. The van der Waals surface area contributed by atoms with Gasteiger partial charge in [-0.3, -0.25) is 0 Å². The molecule has 0 heterocycles. The van der Waals surface area contributed by atoms with Crippen LogP contribution in [-0.2, 0) is 9.47 Å². The van der Waals surface area contributed by atoms with Crippen molar-refractivity contribution in [3.63, 3.8) is 0 Å². The molecular weight excluding hydrogens is 214 g/mol. The Bertz CT molecular complexity index is 208. The van der Waals surface area contributed by atoms with Crippen molar-refractivity contribution in [3.8, 4) is 0 Å². The molecule has 1 N–H and O–H groups in total. The number of hydrogen-bond donors (Lipinski definition) is 1. The van der Waals surface area contributed by atoms with Crippen molar-refractivity contribution in [1.82, 2.24) is 5.32 Å². The lowest BCUT2D eigenvalue weighted by Gasteiger charge is -2.44. The minimum atomic E-state index is 0.233. The zero-order valence-corrected chi connectivity index (χ0v) is 12.0. The van der Waals surface area contributed by atoms with Gasteiger partial charge in [-0.2, -0.15) is 0 Å². The highest BCUT2D eigenvalue weighted by molar-refractivity contribution is 4.98. The van der Waals surface area contributed by atoms with Gasteiger partial charge in [0, 0.05) is 25.8 Å². The second-order valence-corrected chi connectivity index (χ2v) is 5.58. The Balaban J connectivity index is 2.23. The van der Waals surface area contributed by atoms with Crippen LogP contribution in [0.25, 0.3) is 0 Å². The maximum atomic E-state index is 5.63. The van der Waals surface area contributed by atoms with E-state index in [0.717, 1.165) is 18.9 Å². The second kappa shape index (κ2) is 7.34. The molecule has 1 fully saturated rings. The molecule has 0 spiro atoms. The Labute approximate surface area is 106 Å². The minimum Gasteiger partial charge on any atom is -0.377 e. The van der Waals surface area contributed by atoms with Gasteiger partial charge in [-0.05, 0) is 39.0 Å². The monoisotopic (exact) mass is 243 g/mol. The highest BCUT2D eigenvalue weighted by Crippen LogP contribution is 2.27. The van der Waals surface area contributed by atoms with E-state index in [1.165, 1.54) is 12.8 Å². The van der Waals surface area contributed by atoms with Gasteiger partial charge in [-0.25, -0.2) is 0 Å². The number of hydrogen-bond acceptors (Lipinski definition) is 3. The molecule has 0 bridgehead atoms. The van der Waals surface area contributed by atoms with Crippen LogP contribution in [0.5, 0.6) is 0 Å². The van der Waals surface area contributed by atoms with E-state index in [1.54, 1.807) is 7.11 Å². The van der Waals surface area contributed by atoms with E-state index in [1.807, 2.05) is 6.92 Å². The molecule has 0 radical (unpaired) electrons. The molecule has 3 nitrogen and oxygen atoms in total. The first-order valence-corrected chi connectivity index (χ1v) is 6.98. The molecule has 0 aromatic heterocycles. The average molecular weight is 243 g/mol. The fraction of sp³-hybridized carbons (Fsp3) is 1.00. The topological polar surface area (TPSA) is 30.5 Å². The first kappa shape index (κ1) is 14.9. The third kappa shape index (κ3) is 4.57. The maximum absolute atomic E-state index is 5.63. The molecule has 102 valence electrons. The molecule has 0 saturated heterocycles. The Morgan fingerprint density at radius 1 is 1.24 bits per heavy atom. The second-order valence-electron chi connectivity index (χ2n) is 5.58. The van der Waals surface area contributed by atoms with Crippen molar-refractivity contribution < 1.29 is 9.47 Å². The van der Waals surface area contributed by atoms with Crippen molar-refractivity contribution in [2.75, 3.05) is 13.7 Å². The molecule has 1 saturated carbocycles. The summed E-state index contributed by atoms with van der Waals surface area (Å²) < 4.78 is 11.1. The van der Waals surface area contributed by atoms with Crippen molar-refractivity contribution in [3.05, 3.63) is 0 Å². The van der Waals surface area contributed by atoms with Crippen LogP contribution >= 0.6 is 0 Å². The van der Waals surface area contributed by atoms with Crippen LogP contribution in [0.1, 0.15) is 47.0 Å².